The van der Waals surface area contributed by atoms with Crippen molar-refractivity contribution in [1.82, 2.24) is 4.98 Å². The van der Waals surface area contributed by atoms with E-state index in [1.165, 1.54) is 0 Å². The zero-order valence-electron chi connectivity index (χ0n) is 7.82. The Bertz CT molecular complexity index is 441. The van der Waals surface area contributed by atoms with Gasteiger partial charge in [-0.1, -0.05) is 0 Å². The highest BCUT2D eigenvalue weighted by molar-refractivity contribution is 5.85. The van der Waals surface area contributed by atoms with Crippen LogP contribution in [0.1, 0.15) is 11.3 Å². The number of nitrogens with two attached hydrogens (primary N) is 1. The second-order valence-corrected chi connectivity index (χ2v) is 2.84. The van der Waals surface area contributed by atoms with E-state index in [1.54, 1.807) is 0 Å². The Kier molecular flexibility index (Phi) is 3.17. The minimum absolute atomic E-state index is 0.278. The van der Waals surface area contributed by atoms with Crippen molar-refractivity contribution in [2.45, 2.75) is 6.18 Å². The van der Waals surface area contributed by atoms with Gasteiger partial charge >= 0.3 is 12.1 Å². The number of aliphatic carboxylic acids is 1. The third-order valence-corrected chi connectivity index (χ3v) is 1.62. The lowest BCUT2D eigenvalue weighted by Crippen LogP contribution is -2.11. The zero-order valence-corrected chi connectivity index (χ0v) is 7.82. The number of carbonyl (C=O) groups is 1. The first-order chi connectivity index (χ1) is 7.30. The number of nitrogens with zero attached hydrogens (tertiary/aromatic N) is 1. The molecular weight excluding hydrogens is 225 g/mol. The maximum absolute atomic E-state index is 12.5. The molecule has 0 fully saturated rings. The van der Waals surface area contributed by atoms with E-state index in [2.05, 4.69) is 4.98 Å². The Morgan fingerprint density at radius 2 is 2.06 bits per heavy atom. The predicted molar refractivity (Wildman–Crippen MR) is 50.3 cm³/mol. The molecule has 3 N–H and O–H groups in total. The van der Waals surface area contributed by atoms with E-state index in [-0.39, 0.29) is 11.4 Å². The van der Waals surface area contributed by atoms with Crippen LogP contribution in [-0.4, -0.2) is 16.1 Å². The summed E-state index contributed by atoms with van der Waals surface area (Å²) in [5.74, 6) is -1.62. The smallest absolute Gasteiger partial charge is 0.434 e. The van der Waals surface area contributed by atoms with Gasteiger partial charge in [0.2, 0.25) is 0 Å². The molecule has 16 heavy (non-hydrogen) atoms. The van der Waals surface area contributed by atoms with Crippen molar-refractivity contribution in [1.29, 1.82) is 0 Å². The third kappa shape index (κ3) is 2.97. The monoisotopic (exact) mass is 232 g/mol. The molecule has 0 aliphatic heterocycles. The number of rotatable bonds is 2. The molecule has 0 saturated carbocycles. The molecule has 0 amide bonds. The molecule has 1 heterocycles. The second-order valence-electron chi connectivity index (χ2n) is 2.84. The Morgan fingerprint density at radius 3 is 2.56 bits per heavy atom. The van der Waals surface area contributed by atoms with Crippen molar-refractivity contribution in [2.24, 2.45) is 0 Å². The number of carboxylic acids is 1. The predicted octanol–water partition coefficient (Wildman–Crippen LogP) is 1.78. The second kappa shape index (κ2) is 4.21. The van der Waals surface area contributed by atoms with Crippen molar-refractivity contribution in [2.75, 3.05) is 5.73 Å². The van der Waals surface area contributed by atoms with Crippen LogP contribution in [0.2, 0.25) is 0 Å². The van der Waals surface area contributed by atoms with Gasteiger partial charge in [0.25, 0.3) is 0 Å². The van der Waals surface area contributed by atoms with Gasteiger partial charge in [0.15, 0.2) is 5.69 Å². The maximum Gasteiger partial charge on any atom is 0.434 e. The summed E-state index contributed by atoms with van der Waals surface area (Å²) in [4.78, 5) is 13.3. The zero-order chi connectivity index (χ0) is 12.3. The molecule has 0 aliphatic carbocycles. The number of carboxylic acid groups (broad SMARTS) is 1. The number of hydrogen-bond acceptors (Lipinski definition) is 3. The first kappa shape index (κ1) is 12.0. The normalized spacial score (nSPS) is 11.9. The van der Waals surface area contributed by atoms with E-state index in [1.807, 2.05) is 0 Å². The van der Waals surface area contributed by atoms with Crippen LogP contribution in [0, 0.1) is 0 Å². The molecular formula is C9H7F3N2O2. The van der Waals surface area contributed by atoms with Crippen LogP contribution in [0.3, 0.4) is 0 Å². The van der Waals surface area contributed by atoms with Gasteiger partial charge in [-0.15, -0.1) is 0 Å². The van der Waals surface area contributed by atoms with E-state index < -0.39 is 17.8 Å². The molecule has 1 aromatic heterocycles. The highest BCUT2D eigenvalue weighted by Crippen LogP contribution is 2.31. The highest BCUT2D eigenvalue weighted by atomic mass is 19.4. The molecule has 1 aromatic rings. The quantitative estimate of drug-likeness (QED) is 0.762. The van der Waals surface area contributed by atoms with Crippen LogP contribution < -0.4 is 5.73 Å². The molecule has 0 bridgehead atoms. The number of nitrogen functional groups attached to an aromatic ring is 1. The standard InChI is InChI=1S/C9H7F3N2O2/c10-9(11,12)8-5(2-4-7(15)16)1-3-6(13)14-8/h1-4H,(H2,13,14)(H,15,16). The molecule has 0 spiro atoms. The molecule has 0 aromatic carbocycles. The van der Waals surface area contributed by atoms with Crippen LogP contribution in [-0.2, 0) is 11.0 Å². The largest absolute Gasteiger partial charge is 0.478 e. The molecule has 4 nitrogen and oxygen atoms in total. The maximum atomic E-state index is 12.5. The lowest BCUT2D eigenvalue weighted by molar-refractivity contribution is -0.141. The third-order valence-electron chi connectivity index (χ3n) is 1.62. The van der Waals surface area contributed by atoms with Crippen molar-refractivity contribution >= 4 is 17.9 Å². The molecule has 86 valence electrons. The fraction of sp³-hybridized carbons (Fsp3) is 0.111. The summed E-state index contributed by atoms with van der Waals surface area (Å²) < 4.78 is 37.4. The van der Waals surface area contributed by atoms with Gasteiger partial charge < -0.3 is 10.8 Å². The van der Waals surface area contributed by atoms with Gasteiger partial charge in [0, 0.05) is 11.6 Å². The van der Waals surface area contributed by atoms with E-state index >= 15 is 0 Å². The number of aromatic nitrogens is 1. The Labute approximate surface area is 88.2 Å². The van der Waals surface area contributed by atoms with Crippen LogP contribution in [0.5, 0.6) is 0 Å². The summed E-state index contributed by atoms with van der Waals surface area (Å²) in [5, 5.41) is 8.31. The SMILES string of the molecule is Nc1ccc(C=CC(=O)O)c(C(F)(F)F)n1. The average Bonchev–Trinajstić information content (AvgIpc) is 2.14. The number of hydrogen-bond donors (Lipinski definition) is 2. The topological polar surface area (TPSA) is 76.2 Å². The van der Waals surface area contributed by atoms with Gasteiger partial charge in [-0.2, -0.15) is 13.2 Å². The summed E-state index contributed by atoms with van der Waals surface area (Å²) in [6.07, 6.45) is -3.26. The van der Waals surface area contributed by atoms with Gasteiger partial charge in [-0.05, 0) is 18.2 Å². The molecule has 0 radical (unpaired) electrons. The molecule has 0 atom stereocenters. The summed E-state index contributed by atoms with van der Waals surface area (Å²) >= 11 is 0. The Balaban J connectivity index is 3.23. The van der Waals surface area contributed by atoms with Gasteiger partial charge in [-0.3, -0.25) is 0 Å². The van der Waals surface area contributed by atoms with Crippen LogP contribution in [0.4, 0.5) is 19.0 Å². The van der Waals surface area contributed by atoms with Crippen LogP contribution in [0.25, 0.3) is 6.08 Å². The van der Waals surface area contributed by atoms with Crippen molar-refractivity contribution in [3.8, 4) is 0 Å². The fourth-order valence-electron chi connectivity index (χ4n) is 1.01. The molecule has 7 heteroatoms. The molecule has 0 saturated heterocycles. The minimum atomic E-state index is -4.67. The lowest BCUT2D eigenvalue weighted by Gasteiger charge is -2.09. The molecule has 0 unspecified atom stereocenters. The summed E-state index contributed by atoms with van der Waals surface area (Å²) in [7, 11) is 0. The highest BCUT2D eigenvalue weighted by Gasteiger charge is 2.35. The van der Waals surface area contributed by atoms with E-state index in [0.29, 0.717) is 6.08 Å². The van der Waals surface area contributed by atoms with Gasteiger partial charge in [-0.25, -0.2) is 9.78 Å². The van der Waals surface area contributed by atoms with E-state index in [9.17, 15) is 18.0 Å². The van der Waals surface area contributed by atoms with Gasteiger partial charge in [0.05, 0.1) is 0 Å². The van der Waals surface area contributed by atoms with Crippen LogP contribution >= 0.6 is 0 Å². The number of alkyl halides is 3. The number of halogens is 3. The van der Waals surface area contributed by atoms with Crippen molar-refractivity contribution in [3.63, 3.8) is 0 Å². The molecule has 1 rings (SSSR count). The first-order valence-corrected chi connectivity index (χ1v) is 4.05. The minimum Gasteiger partial charge on any atom is -0.478 e. The fourth-order valence-corrected chi connectivity index (χ4v) is 1.01. The van der Waals surface area contributed by atoms with Crippen molar-refractivity contribution in [3.05, 3.63) is 29.5 Å². The average molecular weight is 232 g/mol. The van der Waals surface area contributed by atoms with E-state index in [0.717, 1.165) is 18.2 Å². The number of anilines is 1. The Hall–Kier alpha value is -2.05. The summed E-state index contributed by atoms with van der Waals surface area (Å²) in [6, 6.07) is 2.22. The van der Waals surface area contributed by atoms with Crippen LogP contribution in [0.15, 0.2) is 18.2 Å². The number of pyridine rings is 1. The van der Waals surface area contributed by atoms with E-state index in [4.69, 9.17) is 10.8 Å². The van der Waals surface area contributed by atoms with Gasteiger partial charge in [0.1, 0.15) is 5.82 Å². The lowest BCUT2D eigenvalue weighted by atomic mass is 10.1. The summed E-state index contributed by atoms with van der Waals surface area (Å²) in [5.41, 5.74) is 3.58. The Morgan fingerprint density at radius 1 is 1.44 bits per heavy atom. The van der Waals surface area contributed by atoms with Crippen molar-refractivity contribution < 1.29 is 23.1 Å². The first-order valence-electron chi connectivity index (χ1n) is 4.05. The summed E-state index contributed by atoms with van der Waals surface area (Å²) in [6.45, 7) is 0. The molecule has 0 aliphatic rings.